The van der Waals surface area contributed by atoms with E-state index in [9.17, 15) is 9.59 Å². The molecule has 31 heavy (non-hydrogen) atoms. The molecule has 0 unspecified atom stereocenters. The molecule has 0 N–H and O–H groups in total. The van der Waals surface area contributed by atoms with Crippen LogP contribution in [0.5, 0.6) is 5.75 Å². The molecular formula is C25H27NO5. The molecule has 0 radical (unpaired) electrons. The van der Waals surface area contributed by atoms with Crippen LogP contribution in [0.3, 0.4) is 0 Å². The van der Waals surface area contributed by atoms with Crippen molar-refractivity contribution in [1.29, 1.82) is 0 Å². The zero-order valence-electron chi connectivity index (χ0n) is 18.5. The Balaban J connectivity index is 1.97. The van der Waals surface area contributed by atoms with Gasteiger partial charge in [0, 0.05) is 17.6 Å². The summed E-state index contributed by atoms with van der Waals surface area (Å²) >= 11 is 0. The van der Waals surface area contributed by atoms with E-state index in [1.165, 1.54) is 0 Å². The van der Waals surface area contributed by atoms with Crippen molar-refractivity contribution in [3.8, 4) is 17.0 Å². The first-order valence-electron chi connectivity index (χ1n) is 10.3. The number of ether oxygens (including phenoxy) is 3. The van der Waals surface area contributed by atoms with Gasteiger partial charge < -0.3 is 14.2 Å². The van der Waals surface area contributed by atoms with Crippen LogP contribution < -0.4 is 4.74 Å². The fraction of sp³-hybridized carbons (Fsp3) is 0.320. The van der Waals surface area contributed by atoms with Crippen molar-refractivity contribution in [1.82, 2.24) is 4.98 Å². The third-order valence-corrected chi connectivity index (χ3v) is 4.80. The number of pyridine rings is 1. The fourth-order valence-electron chi connectivity index (χ4n) is 3.19. The maximum Gasteiger partial charge on any atom is 0.343 e. The van der Waals surface area contributed by atoms with Crippen LogP contribution in [0.1, 0.15) is 43.6 Å². The highest BCUT2D eigenvalue weighted by atomic mass is 16.6. The second-order valence-corrected chi connectivity index (χ2v) is 7.66. The van der Waals surface area contributed by atoms with E-state index in [4.69, 9.17) is 19.2 Å². The lowest BCUT2D eigenvalue weighted by Gasteiger charge is -2.22. The fourth-order valence-corrected chi connectivity index (χ4v) is 3.19. The van der Waals surface area contributed by atoms with Crippen LogP contribution in [0.4, 0.5) is 0 Å². The van der Waals surface area contributed by atoms with Crippen LogP contribution in [0.15, 0.2) is 48.5 Å². The van der Waals surface area contributed by atoms with E-state index in [2.05, 4.69) is 0 Å². The van der Waals surface area contributed by atoms with Crippen molar-refractivity contribution in [2.75, 3.05) is 13.2 Å². The smallest absolute Gasteiger partial charge is 0.343 e. The largest absolute Gasteiger partial charge is 0.462 e. The molecule has 2 aromatic carbocycles. The van der Waals surface area contributed by atoms with Gasteiger partial charge in [-0.25, -0.2) is 14.6 Å². The van der Waals surface area contributed by atoms with E-state index in [0.29, 0.717) is 23.6 Å². The lowest BCUT2D eigenvalue weighted by Crippen LogP contribution is -2.38. The normalized spacial score (nSPS) is 11.4. The zero-order chi connectivity index (χ0) is 22.6. The number of carbonyl (C=O) groups excluding carboxylic acids is 2. The summed E-state index contributed by atoms with van der Waals surface area (Å²) < 4.78 is 16.1. The molecule has 0 aliphatic rings. The SMILES string of the molecule is CCOC(=O)c1cc2ccc(C)cc2nc1-c1ccc(OC(=O)C(C)(C)OCC)cc1. The van der Waals surface area contributed by atoms with Gasteiger partial charge in [-0.05, 0) is 76.6 Å². The highest BCUT2D eigenvalue weighted by Gasteiger charge is 2.30. The van der Waals surface area contributed by atoms with Crippen molar-refractivity contribution >= 4 is 22.8 Å². The summed E-state index contributed by atoms with van der Waals surface area (Å²) in [7, 11) is 0. The minimum atomic E-state index is -1.04. The van der Waals surface area contributed by atoms with E-state index in [1.807, 2.05) is 32.0 Å². The van der Waals surface area contributed by atoms with Crippen LogP contribution in [-0.2, 0) is 14.3 Å². The molecule has 3 aromatic rings. The summed E-state index contributed by atoms with van der Waals surface area (Å²) in [5, 5.41) is 0.862. The number of esters is 2. The third kappa shape index (κ3) is 5.09. The Bertz CT molecular complexity index is 1100. The molecule has 0 bridgehead atoms. The van der Waals surface area contributed by atoms with E-state index in [-0.39, 0.29) is 6.61 Å². The average Bonchev–Trinajstić information content (AvgIpc) is 2.73. The lowest BCUT2D eigenvalue weighted by atomic mass is 10.0. The Morgan fingerprint density at radius 1 is 0.968 bits per heavy atom. The molecule has 0 aliphatic heterocycles. The second-order valence-electron chi connectivity index (χ2n) is 7.66. The Morgan fingerprint density at radius 2 is 1.68 bits per heavy atom. The van der Waals surface area contributed by atoms with Crippen LogP contribution in [0, 0.1) is 6.92 Å². The molecule has 1 heterocycles. The van der Waals surface area contributed by atoms with E-state index >= 15 is 0 Å². The number of benzene rings is 2. The summed E-state index contributed by atoms with van der Waals surface area (Å²) in [6.07, 6.45) is 0. The minimum Gasteiger partial charge on any atom is -0.462 e. The first kappa shape index (κ1) is 22.4. The summed E-state index contributed by atoms with van der Waals surface area (Å²) in [5.41, 5.74) is 2.45. The van der Waals surface area contributed by atoms with Gasteiger partial charge >= 0.3 is 11.9 Å². The summed E-state index contributed by atoms with van der Waals surface area (Å²) in [6, 6.07) is 14.6. The van der Waals surface area contributed by atoms with Crippen LogP contribution >= 0.6 is 0 Å². The van der Waals surface area contributed by atoms with E-state index in [0.717, 1.165) is 22.0 Å². The molecule has 0 saturated heterocycles. The monoisotopic (exact) mass is 421 g/mol. The number of aromatic nitrogens is 1. The first-order chi connectivity index (χ1) is 14.7. The Kier molecular flexibility index (Phi) is 6.71. The molecule has 0 atom stereocenters. The van der Waals surface area contributed by atoms with Crippen molar-refractivity contribution in [3.05, 3.63) is 59.7 Å². The van der Waals surface area contributed by atoms with Gasteiger partial charge in [-0.2, -0.15) is 0 Å². The topological polar surface area (TPSA) is 74.7 Å². The van der Waals surface area contributed by atoms with Gasteiger partial charge in [0.05, 0.1) is 23.4 Å². The second kappa shape index (κ2) is 9.27. The number of nitrogens with zero attached hydrogens (tertiary/aromatic N) is 1. The molecule has 0 spiro atoms. The molecule has 0 fully saturated rings. The summed E-state index contributed by atoms with van der Waals surface area (Å²) in [6.45, 7) is 9.59. The van der Waals surface area contributed by atoms with Gasteiger partial charge in [0.25, 0.3) is 0 Å². The van der Waals surface area contributed by atoms with Gasteiger partial charge in [0.15, 0.2) is 5.60 Å². The van der Waals surface area contributed by atoms with Crippen LogP contribution in [0.25, 0.3) is 22.2 Å². The predicted octanol–water partition coefficient (Wildman–Crippen LogP) is 5.11. The molecule has 3 rings (SSSR count). The van der Waals surface area contributed by atoms with Crippen molar-refractivity contribution in [2.24, 2.45) is 0 Å². The maximum atomic E-state index is 12.6. The highest BCUT2D eigenvalue weighted by molar-refractivity contribution is 6.00. The van der Waals surface area contributed by atoms with Gasteiger partial charge in [0.2, 0.25) is 0 Å². The molecule has 162 valence electrons. The van der Waals surface area contributed by atoms with Gasteiger partial charge in [-0.1, -0.05) is 12.1 Å². The molecule has 0 saturated carbocycles. The number of aryl methyl sites for hydroxylation is 1. The highest BCUT2D eigenvalue weighted by Crippen LogP contribution is 2.29. The minimum absolute atomic E-state index is 0.273. The van der Waals surface area contributed by atoms with Crippen molar-refractivity contribution in [3.63, 3.8) is 0 Å². The van der Waals surface area contributed by atoms with Gasteiger partial charge in [-0.15, -0.1) is 0 Å². The molecule has 0 aliphatic carbocycles. The average molecular weight is 421 g/mol. The van der Waals surface area contributed by atoms with Gasteiger partial charge in [-0.3, -0.25) is 0 Å². The molecule has 6 heteroatoms. The summed E-state index contributed by atoms with van der Waals surface area (Å²) in [4.78, 5) is 29.7. The predicted molar refractivity (Wildman–Crippen MR) is 119 cm³/mol. The number of hydrogen-bond donors (Lipinski definition) is 0. The lowest BCUT2D eigenvalue weighted by molar-refractivity contribution is -0.157. The maximum absolute atomic E-state index is 12.6. The first-order valence-corrected chi connectivity index (χ1v) is 10.3. The van der Waals surface area contributed by atoms with Crippen molar-refractivity contribution in [2.45, 2.75) is 40.2 Å². The van der Waals surface area contributed by atoms with Gasteiger partial charge in [0.1, 0.15) is 5.75 Å². The molecule has 1 aromatic heterocycles. The number of rotatable bonds is 7. The third-order valence-electron chi connectivity index (χ3n) is 4.80. The van der Waals surface area contributed by atoms with E-state index < -0.39 is 17.5 Å². The van der Waals surface area contributed by atoms with Crippen LogP contribution in [-0.4, -0.2) is 35.7 Å². The van der Waals surface area contributed by atoms with Crippen LogP contribution in [0.2, 0.25) is 0 Å². The standard InChI is InChI=1S/C25H27NO5/c1-6-29-23(27)20-15-18-9-8-16(3)14-21(18)26-22(20)17-10-12-19(13-11-17)31-24(28)25(4,5)30-7-2/h8-15H,6-7H2,1-5H3. The number of hydrogen-bond acceptors (Lipinski definition) is 6. The molecular weight excluding hydrogens is 394 g/mol. The Hall–Kier alpha value is -3.25. The molecule has 0 amide bonds. The Morgan fingerprint density at radius 3 is 2.32 bits per heavy atom. The number of fused-ring (bicyclic) bond motifs is 1. The summed E-state index contributed by atoms with van der Waals surface area (Å²) in [5.74, 6) is -0.522. The van der Waals surface area contributed by atoms with Crippen molar-refractivity contribution < 1.29 is 23.8 Å². The zero-order valence-corrected chi connectivity index (χ0v) is 18.5. The molecule has 6 nitrogen and oxygen atoms in total. The number of carbonyl (C=O) groups is 2. The quantitative estimate of drug-likeness (QED) is 0.390. The Labute approximate surface area is 182 Å². The van der Waals surface area contributed by atoms with E-state index in [1.54, 1.807) is 51.1 Å².